The molecule has 4 nitrogen and oxygen atoms in total. The van der Waals surface area contributed by atoms with Gasteiger partial charge in [-0.2, -0.15) is 0 Å². The van der Waals surface area contributed by atoms with E-state index in [4.69, 9.17) is 9.47 Å². The summed E-state index contributed by atoms with van der Waals surface area (Å²) in [5.74, 6) is 7.07. The van der Waals surface area contributed by atoms with Crippen LogP contribution in [-0.2, 0) is 10.8 Å². The van der Waals surface area contributed by atoms with E-state index in [1.165, 1.54) is 87.8 Å². The molecule has 2 aromatic carbocycles. The maximum absolute atomic E-state index is 9.57. The fourth-order valence-electron chi connectivity index (χ4n) is 11.6. The molecule has 2 N–H and O–H groups in total. The van der Waals surface area contributed by atoms with Crippen molar-refractivity contribution in [3.63, 3.8) is 0 Å². The first-order valence-corrected chi connectivity index (χ1v) is 15.6. The fraction of sp³-hybridized carbons (Fsp3) is 0.706. The number of rotatable bonds is 8. The molecule has 8 bridgehead atoms. The lowest BCUT2D eigenvalue weighted by atomic mass is 9.44. The Morgan fingerprint density at radius 3 is 1.50 bits per heavy atom. The van der Waals surface area contributed by atoms with Gasteiger partial charge < -0.3 is 19.7 Å². The summed E-state index contributed by atoms with van der Waals surface area (Å²) in [7, 11) is 0. The summed E-state index contributed by atoms with van der Waals surface area (Å²) < 4.78 is 12.1. The van der Waals surface area contributed by atoms with E-state index in [0.29, 0.717) is 10.8 Å². The van der Waals surface area contributed by atoms with Gasteiger partial charge in [0, 0.05) is 11.5 Å². The zero-order chi connectivity index (χ0) is 25.5. The minimum absolute atomic E-state index is 0.00356. The average molecular weight is 517 g/mol. The lowest BCUT2D eigenvalue weighted by Gasteiger charge is -2.61. The predicted octanol–water partition coefficient (Wildman–Crippen LogP) is 6.52. The van der Waals surface area contributed by atoms with Crippen LogP contribution in [0.15, 0.2) is 24.3 Å². The highest BCUT2D eigenvalue weighted by Gasteiger charge is 2.56. The van der Waals surface area contributed by atoms with Crippen LogP contribution in [0.1, 0.15) is 88.2 Å². The summed E-state index contributed by atoms with van der Waals surface area (Å²) in [5, 5.41) is 21.3. The van der Waals surface area contributed by atoms with Gasteiger partial charge in [0.25, 0.3) is 0 Å². The van der Waals surface area contributed by atoms with Crippen LogP contribution >= 0.6 is 0 Å². The van der Waals surface area contributed by atoms with E-state index < -0.39 is 0 Å². The number of benzene rings is 2. The molecule has 4 heteroatoms. The van der Waals surface area contributed by atoms with E-state index in [9.17, 15) is 10.2 Å². The number of ether oxygens (including phenoxy) is 2. The van der Waals surface area contributed by atoms with Crippen molar-refractivity contribution in [3.8, 4) is 11.5 Å². The molecule has 0 radical (unpaired) electrons. The second-order valence-electron chi connectivity index (χ2n) is 14.6. The van der Waals surface area contributed by atoms with Crippen molar-refractivity contribution in [1.82, 2.24) is 0 Å². The van der Waals surface area contributed by atoms with Crippen LogP contribution < -0.4 is 9.47 Å². The minimum atomic E-state index is -0.00560. The summed E-state index contributed by atoms with van der Waals surface area (Å²) >= 11 is 0. The van der Waals surface area contributed by atoms with Crippen LogP contribution in [0.2, 0.25) is 0 Å². The van der Waals surface area contributed by atoms with Crippen LogP contribution in [0.4, 0.5) is 0 Å². The Labute approximate surface area is 227 Å². The van der Waals surface area contributed by atoms with Crippen LogP contribution in [0.5, 0.6) is 11.5 Å². The molecule has 2 aromatic rings. The van der Waals surface area contributed by atoms with Crippen molar-refractivity contribution in [2.45, 2.75) is 87.9 Å². The molecular weight excluding hydrogens is 472 g/mol. The van der Waals surface area contributed by atoms with Crippen LogP contribution in [0.25, 0.3) is 10.8 Å². The molecule has 8 aliphatic rings. The summed E-state index contributed by atoms with van der Waals surface area (Å²) in [6.07, 6.45) is 17.1. The van der Waals surface area contributed by atoms with Gasteiger partial charge in [-0.1, -0.05) is 6.07 Å². The standard InChI is InChI=1S/C34H44O4/c35-1-3-37-28-11-27-12-30(33-15-21-5-22(16-33)7-23(6-21)17-33)31(14-29(27)32(13-28)38-4-2-36)34-18-24-8-25(19-34)10-26(9-24)20-34/h11-14,21-26,35-36H,1-10,15-20H2. The van der Waals surface area contributed by atoms with Gasteiger partial charge in [0.1, 0.15) is 24.7 Å². The van der Waals surface area contributed by atoms with Crippen LogP contribution in [-0.4, -0.2) is 36.6 Å². The van der Waals surface area contributed by atoms with E-state index in [2.05, 4.69) is 18.2 Å². The van der Waals surface area contributed by atoms with Gasteiger partial charge in [-0.3, -0.25) is 0 Å². The molecule has 0 saturated heterocycles. The highest BCUT2D eigenvalue weighted by molar-refractivity contribution is 5.92. The molecule has 204 valence electrons. The van der Waals surface area contributed by atoms with Gasteiger partial charge in [-0.05, 0) is 152 Å². The highest BCUT2D eigenvalue weighted by atomic mass is 16.5. The number of fused-ring (bicyclic) bond motifs is 1. The summed E-state index contributed by atoms with van der Waals surface area (Å²) in [6.45, 7) is 0.547. The van der Waals surface area contributed by atoms with Gasteiger partial charge in [0.15, 0.2) is 0 Å². The lowest BCUT2D eigenvalue weighted by Crippen LogP contribution is -2.52. The maximum atomic E-state index is 9.57. The topological polar surface area (TPSA) is 58.9 Å². The first-order valence-electron chi connectivity index (χ1n) is 15.6. The Hall–Kier alpha value is -1.78. The van der Waals surface area contributed by atoms with E-state index in [1.807, 2.05) is 6.07 Å². The predicted molar refractivity (Wildman–Crippen MR) is 149 cm³/mol. The molecule has 8 saturated carbocycles. The van der Waals surface area contributed by atoms with Crippen molar-refractivity contribution in [1.29, 1.82) is 0 Å². The third kappa shape index (κ3) is 3.76. The van der Waals surface area contributed by atoms with Crippen molar-refractivity contribution < 1.29 is 19.7 Å². The lowest BCUT2D eigenvalue weighted by molar-refractivity contribution is -0.0173. The van der Waals surface area contributed by atoms with Gasteiger partial charge in [-0.15, -0.1) is 0 Å². The fourth-order valence-corrected chi connectivity index (χ4v) is 11.6. The average Bonchev–Trinajstić information content (AvgIpc) is 2.88. The maximum Gasteiger partial charge on any atom is 0.130 e. The first kappa shape index (κ1) is 24.1. The largest absolute Gasteiger partial charge is 0.491 e. The van der Waals surface area contributed by atoms with Gasteiger partial charge in [-0.25, -0.2) is 0 Å². The summed E-state index contributed by atoms with van der Waals surface area (Å²) in [4.78, 5) is 0. The quantitative estimate of drug-likeness (QED) is 0.420. The molecule has 0 amide bonds. The van der Waals surface area contributed by atoms with Crippen molar-refractivity contribution >= 4 is 10.8 Å². The zero-order valence-electron chi connectivity index (χ0n) is 22.8. The molecule has 0 aromatic heterocycles. The Kier molecular flexibility index (Phi) is 5.61. The Bertz CT molecular complexity index is 1160. The monoisotopic (exact) mass is 516 g/mol. The van der Waals surface area contributed by atoms with E-state index in [1.54, 1.807) is 11.1 Å². The SMILES string of the molecule is OCCOc1cc(OCCO)c2cc(C34CC5CC(CC(C5)C3)C4)c(C34CC5CC(CC(C5)C3)C4)cc2c1. The molecule has 8 fully saturated rings. The van der Waals surface area contributed by atoms with Gasteiger partial charge in [0.2, 0.25) is 0 Å². The van der Waals surface area contributed by atoms with Crippen LogP contribution in [0.3, 0.4) is 0 Å². The molecule has 0 spiro atoms. The first-order chi connectivity index (χ1) is 18.5. The summed E-state index contributed by atoms with van der Waals surface area (Å²) in [5.41, 5.74) is 4.06. The normalized spacial score (nSPS) is 40.3. The van der Waals surface area contributed by atoms with Crippen molar-refractivity contribution in [3.05, 3.63) is 35.4 Å². The summed E-state index contributed by atoms with van der Waals surface area (Å²) in [6, 6.07) is 9.29. The molecule has 0 atom stereocenters. The zero-order valence-corrected chi connectivity index (χ0v) is 22.8. The van der Waals surface area contributed by atoms with Gasteiger partial charge >= 0.3 is 0 Å². The Morgan fingerprint density at radius 2 is 1.03 bits per heavy atom. The van der Waals surface area contributed by atoms with Gasteiger partial charge in [0.05, 0.1) is 13.2 Å². The Morgan fingerprint density at radius 1 is 0.579 bits per heavy atom. The Balaban J connectivity index is 1.33. The molecule has 38 heavy (non-hydrogen) atoms. The smallest absolute Gasteiger partial charge is 0.130 e. The second-order valence-corrected chi connectivity index (χ2v) is 14.6. The molecule has 8 aliphatic carbocycles. The van der Waals surface area contributed by atoms with Crippen molar-refractivity contribution in [2.75, 3.05) is 26.4 Å². The molecular formula is C34H44O4. The minimum Gasteiger partial charge on any atom is -0.491 e. The van der Waals surface area contributed by atoms with Crippen LogP contribution in [0, 0.1) is 35.5 Å². The number of aliphatic hydroxyl groups is 2. The van der Waals surface area contributed by atoms with Crippen molar-refractivity contribution in [2.24, 2.45) is 35.5 Å². The molecule has 10 rings (SSSR count). The molecule has 0 aliphatic heterocycles. The van der Waals surface area contributed by atoms with E-state index in [0.717, 1.165) is 47.0 Å². The number of hydrogen-bond donors (Lipinski definition) is 2. The highest BCUT2D eigenvalue weighted by Crippen LogP contribution is 2.66. The second kappa shape index (κ2) is 8.86. The van der Waals surface area contributed by atoms with E-state index >= 15 is 0 Å². The third-order valence-corrected chi connectivity index (χ3v) is 12.0. The molecule has 0 unspecified atom stereocenters. The number of hydrogen-bond acceptors (Lipinski definition) is 4. The molecule has 0 heterocycles. The number of aliphatic hydroxyl groups excluding tert-OH is 2. The third-order valence-electron chi connectivity index (χ3n) is 12.0. The van der Waals surface area contributed by atoms with E-state index in [-0.39, 0.29) is 26.4 Å².